The minimum absolute atomic E-state index is 0.299. The van der Waals surface area contributed by atoms with Gasteiger partial charge in [0, 0.05) is 16.2 Å². The summed E-state index contributed by atoms with van der Waals surface area (Å²) in [7, 11) is 0. The maximum Gasteiger partial charge on any atom is 0.335 e. The van der Waals surface area contributed by atoms with Gasteiger partial charge in [-0.3, -0.25) is 0 Å². The van der Waals surface area contributed by atoms with Crippen molar-refractivity contribution in [3.63, 3.8) is 0 Å². The SMILES string of the molecule is CCCCCC(C)Nc1cc(Br)cc(C(=O)O)c1. The van der Waals surface area contributed by atoms with Gasteiger partial charge in [0.25, 0.3) is 0 Å². The van der Waals surface area contributed by atoms with Crippen LogP contribution in [0.4, 0.5) is 5.69 Å². The molecule has 0 radical (unpaired) electrons. The van der Waals surface area contributed by atoms with Crippen LogP contribution in [0.5, 0.6) is 0 Å². The third kappa shape index (κ3) is 5.08. The number of halogens is 1. The zero-order chi connectivity index (χ0) is 13.5. The molecule has 1 atom stereocenters. The molecule has 1 aromatic rings. The second-order valence-corrected chi connectivity index (χ2v) is 5.49. The van der Waals surface area contributed by atoms with Crippen molar-refractivity contribution >= 4 is 27.6 Å². The summed E-state index contributed by atoms with van der Waals surface area (Å²) in [4.78, 5) is 11.0. The van der Waals surface area contributed by atoms with E-state index in [-0.39, 0.29) is 0 Å². The fraction of sp³-hybridized carbons (Fsp3) is 0.500. The minimum Gasteiger partial charge on any atom is -0.478 e. The number of hydrogen-bond acceptors (Lipinski definition) is 2. The monoisotopic (exact) mass is 313 g/mol. The number of carboxylic acids is 1. The lowest BCUT2D eigenvalue weighted by molar-refractivity contribution is 0.0697. The van der Waals surface area contributed by atoms with Gasteiger partial charge in [0.2, 0.25) is 0 Å². The van der Waals surface area contributed by atoms with Gasteiger partial charge in [0.1, 0.15) is 0 Å². The summed E-state index contributed by atoms with van der Waals surface area (Å²) in [5.74, 6) is -0.905. The smallest absolute Gasteiger partial charge is 0.335 e. The number of anilines is 1. The molecule has 0 aliphatic heterocycles. The van der Waals surface area contributed by atoms with Gasteiger partial charge in [-0.1, -0.05) is 42.1 Å². The normalized spacial score (nSPS) is 12.2. The van der Waals surface area contributed by atoms with Gasteiger partial charge in [-0.2, -0.15) is 0 Å². The van der Waals surface area contributed by atoms with Gasteiger partial charge in [-0.05, 0) is 31.5 Å². The lowest BCUT2D eigenvalue weighted by Gasteiger charge is -2.15. The third-order valence-corrected chi connectivity index (χ3v) is 3.26. The first-order valence-electron chi connectivity index (χ1n) is 6.33. The number of nitrogens with one attached hydrogen (secondary N) is 1. The Kier molecular flexibility index (Phi) is 6.19. The number of carbonyl (C=O) groups is 1. The lowest BCUT2D eigenvalue weighted by Crippen LogP contribution is -2.15. The second-order valence-electron chi connectivity index (χ2n) is 4.57. The average Bonchev–Trinajstić information content (AvgIpc) is 2.28. The largest absolute Gasteiger partial charge is 0.478 e. The van der Waals surface area contributed by atoms with Crippen LogP contribution in [0.15, 0.2) is 22.7 Å². The molecule has 0 spiro atoms. The molecule has 1 unspecified atom stereocenters. The molecule has 0 aliphatic rings. The van der Waals surface area contributed by atoms with Crippen LogP contribution in [0, 0.1) is 0 Å². The number of aromatic carboxylic acids is 1. The van der Waals surface area contributed by atoms with E-state index in [2.05, 4.69) is 35.1 Å². The van der Waals surface area contributed by atoms with Crippen LogP contribution in [-0.2, 0) is 0 Å². The molecule has 0 saturated heterocycles. The Labute approximate surface area is 117 Å². The van der Waals surface area contributed by atoms with E-state index in [1.807, 2.05) is 6.07 Å². The van der Waals surface area contributed by atoms with Gasteiger partial charge in [0.15, 0.2) is 0 Å². The molecule has 0 aromatic heterocycles. The number of unbranched alkanes of at least 4 members (excludes halogenated alkanes) is 2. The van der Waals surface area contributed by atoms with Crippen molar-refractivity contribution in [2.75, 3.05) is 5.32 Å². The molecule has 4 heteroatoms. The average molecular weight is 314 g/mol. The third-order valence-electron chi connectivity index (χ3n) is 2.80. The maximum absolute atomic E-state index is 11.0. The Hall–Kier alpha value is -1.03. The Morgan fingerprint density at radius 3 is 2.72 bits per heavy atom. The Morgan fingerprint density at radius 1 is 1.39 bits per heavy atom. The van der Waals surface area contributed by atoms with E-state index in [4.69, 9.17) is 5.11 Å². The highest BCUT2D eigenvalue weighted by Crippen LogP contribution is 2.21. The molecular weight excluding hydrogens is 294 g/mol. The van der Waals surface area contributed by atoms with Gasteiger partial charge in [-0.15, -0.1) is 0 Å². The van der Waals surface area contributed by atoms with Gasteiger partial charge < -0.3 is 10.4 Å². The summed E-state index contributed by atoms with van der Waals surface area (Å²) >= 11 is 3.33. The zero-order valence-corrected chi connectivity index (χ0v) is 12.5. The molecular formula is C14H20BrNO2. The molecule has 2 N–H and O–H groups in total. The van der Waals surface area contributed by atoms with Crippen molar-refractivity contribution < 1.29 is 9.90 Å². The number of hydrogen-bond donors (Lipinski definition) is 2. The fourth-order valence-electron chi connectivity index (χ4n) is 1.85. The highest BCUT2D eigenvalue weighted by molar-refractivity contribution is 9.10. The van der Waals surface area contributed by atoms with Crippen molar-refractivity contribution in [2.45, 2.75) is 45.6 Å². The molecule has 0 aliphatic carbocycles. The van der Waals surface area contributed by atoms with E-state index in [0.717, 1.165) is 16.6 Å². The van der Waals surface area contributed by atoms with Crippen LogP contribution in [0.25, 0.3) is 0 Å². The lowest BCUT2D eigenvalue weighted by atomic mass is 10.1. The van der Waals surface area contributed by atoms with Crippen molar-refractivity contribution in [3.05, 3.63) is 28.2 Å². The second kappa shape index (κ2) is 7.41. The topological polar surface area (TPSA) is 49.3 Å². The molecule has 1 aromatic carbocycles. The Balaban J connectivity index is 2.63. The first kappa shape index (κ1) is 15.0. The predicted octanol–water partition coefficient (Wildman–Crippen LogP) is 4.53. The summed E-state index contributed by atoms with van der Waals surface area (Å²) in [5, 5.41) is 12.3. The van der Waals surface area contributed by atoms with Crippen molar-refractivity contribution in [1.82, 2.24) is 0 Å². The van der Waals surface area contributed by atoms with E-state index in [1.165, 1.54) is 19.3 Å². The molecule has 1 rings (SSSR count). The Bertz CT molecular complexity index is 407. The number of benzene rings is 1. The molecule has 18 heavy (non-hydrogen) atoms. The van der Waals surface area contributed by atoms with E-state index < -0.39 is 5.97 Å². The first-order valence-corrected chi connectivity index (χ1v) is 7.12. The molecule has 0 heterocycles. The molecule has 0 bridgehead atoms. The van der Waals surface area contributed by atoms with Crippen molar-refractivity contribution in [1.29, 1.82) is 0 Å². The van der Waals surface area contributed by atoms with Crippen molar-refractivity contribution in [2.24, 2.45) is 0 Å². The number of carboxylic acid groups (broad SMARTS) is 1. The quantitative estimate of drug-likeness (QED) is 0.727. The minimum atomic E-state index is -0.905. The van der Waals surface area contributed by atoms with Crippen LogP contribution in [0.2, 0.25) is 0 Å². The first-order chi connectivity index (χ1) is 8.52. The highest BCUT2D eigenvalue weighted by atomic mass is 79.9. The van der Waals surface area contributed by atoms with Gasteiger partial charge in [0.05, 0.1) is 5.56 Å². The van der Waals surface area contributed by atoms with E-state index in [0.29, 0.717) is 11.6 Å². The summed E-state index contributed by atoms with van der Waals surface area (Å²) in [5.41, 5.74) is 1.15. The number of rotatable bonds is 7. The van der Waals surface area contributed by atoms with Crippen LogP contribution >= 0.6 is 15.9 Å². The van der Waals surface area contributed by atoms with Crippen LogP contribution < -0.4 is 5.32 Å². The predicted molar refractivity (Wildman–Crippen MR) is 78.3 cm³/mol. The summed E-state index contributed by atoms with van der Waals surface area (Å²) in [6, 6.07) is 5.54. The summed E-state index contributed by atoms with van der Waals surface area (Å²) in [6.45, 7) is 4.31. The highest BCUT2D eigenvalue weighted by Gasteiger charge is 2.08. The molecule has 0 amide bonds. The zero-order valence-electron chi connectivity index (χ0n) is 10.9. The standard InChI is InChI=1S/C14H20BrNO2/c1-3-4-5-6-10(2)16-13-8-11(14(17)18)7-12(15)9-13/h7-10,16H,3-6H2,1-2H3,(H,17,18). The van der Waals surface area contributed by atoms with Gasteiger partial charge >= 0.3 is 5.97 Å². The molecule has 3 nitrogen and oxygen atoms in total. The van der Waals surface area contributed by atoms with Crippen LogP contribution in [0.1, 0.15) is 49.9 Å². The summed E-state index contributed by atoms with van der Waals surface area (Å²) in [6.07, 6.45) is 4.75. The maximum atomic E-state index is 11.0. The summed E-state index contributed by atoms with van der Waals surface area (Å²) < 4.78 is 0.783. The van der Waals surface area contributed by atoms with Crippen molar-refractivity contribution in [3.8, 4) is 0 Å². The van der Waals surface area contributed by atoms with Crippen LogP contribution in [-0.4, -0.2) is 17.1 Å². The molecule has 0 fully saturated rings. The van der Waals surface area contributed by atoms with E-state index in [1.54, 1.807) is 12.1 Å². The van der Waals surface area contributed by atoms with E-state index >= 15 is 0 Å². The van der Waals surface area contributed by atoms with Gasteiger partial charge in [-0.25, -0.2) is 4.79 Å². The van der Waals surface area contributed by atoms with Crippen LogP contribution in [0.3, 0.4) is 0 Å². The molecule has 100 valence electrons. The Morgan fingerprint density at radius 2 is 2.11 bits per heavy atom. The fourth-order valence-corrected chi connectivity index (χ4v) is 2.35. The van der Waals surface area contributed by atoms with E-state index in [9.17, 15) is 4.79 Å². The molecule has 0 saturated carbocycles.